The van der Waals surface area contributed by atoms with Crippen LogP contribution in [-0.2, 0) is 0 Å². The third kappa shape index (κ3) is 4.36. The van der Waals surface area contributed by atoms with Crippen molar-refractivity contribution in [1.29, 1.82) is 0 Å². The Morgan fingerprint density at radius 1 is 1.21 bits per heavy atom. The van der Waals surface area contributed by atoms with E-state index >= 15 is 0 Å². The van der Waals surface area contributed by atoms with Gasteiger partial charge in [0, 0.05) is 23.3 Å². The highest BCUT2D eigenvalue weighted by Gasteiger charge is 2.09. The van der Waals surface area contributed by atoms with Crippen LogP contribution in [0.3, 0.4) is 0 Å². The number of non-ortho nitro benzene ring substituents is 1. The van der Waals surface area contributed by atoms with Gasteiger partial charge in [-0.05, 0) is 42.5 Å². The van der Waals surface area contributed by atoms with Crippen LogP contribution in [0.4, 0.5) is 5.69 Å². The number of ether oxygens (including phenoxy) is 1. The molecule has 8 nitrogen and oxygen atoms in total. The molecule has 2 aromatic carbocycles. The lowest BCUT2D eigenvalue weighted by Gasteiger charge is -2.04. The monoisotopic (exact) mass is 399 g/mol. The highest BCUT2D eigenvalue weighted by Crippen LogP contribution is 2.30. The van der Waals surface area contributed by atoms with Crippen molar-refractivity contribution in [3.63, 3.8) is 0 Å². The number of halogens is 1. The van der Waals surface area contributed by atoms with Gasteiger partial charge in [0.2, 0.25) is 0 Å². The van der Waals surface area contributed by atoms with E-state index in [1.807, 2.05) is 0 Å². The molecule has 0 aliphatic rings. The summed E-state index contributed by atoms with van der Waals surface area (Å²) < 4.78 is 10.8. The minimum Gasteiger partial charge on any atom is -0.495 e. The van der Waals surface area contributed by atoms with Crippen molar-refractivity contribution in [3.05, 3.63) is 81.1 Å². The SMILES string of the molecule is COc1ccc(-c2ccc(/C=N\NC(=O)c3ccc([N+](=O)[O-])cc3)o2)cc1Cl. The number of methoxy groups -OCH3 is 1. The van der Waals surface area contributed by atoms with E-state index in [-0.39, 0.29) is 11.3 Å². The molecule has 0 saturated carbocycles. The maximum absolute atomic E-state index is 12.0. The number of amides is 1. The molecule has 9 heteroatoms. The van der Waals surface area contributed by atoms with Crippen molar-refractivity contribution in [1.82, 2.24) is 5.43 Å². The van der Waals surface area contributed by atoms with E-state index in [1.165, 1.54) is 37.6 Å². The molecule has 1 heterocycles. The molecular formula is C19H14ClN3O5. The topological polar surface area (TPSA) is 107 Å². The fraction of sp³-hybridized carbons (Fsp3) is 0.0526. The number of nitro groups is 1. The van der Waals surface area contributed by atoms with Gasteiger partial charge in [0.25, 0.3) is 11.6 Å². The number of hydrogen-bond acceptors (Lipinski definition) is 6. The van der Waals surface area contributed by atoms with Gasteiger partial charge in [0.1, 0.15) is 17.3 Å². The summed E-state index contributed by atoms with van der Waals surface area (Å²) in [5.41, 5.74) is 3.25. The summed E-state index contributed by atoms with van der Waals surface area (Å²) in [6.45, 7) is 0. The first-order valence-corrected chi connectivity index (χ1v) is 8.37. The number of rotatable bonds is 6. The lowest BCUT2D eigenvalue weighted by atomic mass is 10.2. The van der Waals surface area contributed by atoms with E-state index < -0.39 is 10.8 Å². The number of carbonyl (C=O) groups is 1. The Kier molecular flexibility index (Phi) is 5.71. The summed E-state index contributed by atoms with van der Waals surface area (Å²) in [5, 5.41) is 14.9. The molecule has 0 unspecified atom stereocenters. The van der Waals surface area contributed by atoms with E-state index in [1.54, 1.807) is 30.3 Å². The molecule has 0 fully saturated rings. The maximum atomic E-state index is 12.0. The van der Waals surface area contributed by atoms with Gasteiger partial charge in [0.15, 0.2) is 0 Å². The summed E-state index contributed by atoms with van der Waals surface area (Å²) >= 11 is 6.11. The van der Waals surface area contributed by atoms with Gasteiger partial charge < -0.3 is 9.15 Å². The van der Waals surface area contributed by atoms with Gasteiger partial charge in [-0.1, -0.05) is 11.6 Å². The first-order valence-electron chi connectivity index (χ1n) is 7.99. The van der Waals surface area contributed by atoms with Crippen LogP contribution in [0.1, 0.15) is 16.1 Å². The fourth-order valence-electron chi connectivity index (χ4n) is 2.35. The Balaban J connectivity index is 1.64. The number of nitrogens with one attached hydrogen (secondary N) is 1. The predicted molar refractivity (Wildman–Crippen MR) is 104 cm³/mol. The van der Waals surface area contributed by atoms with Gasteiger partial charge in [0.05, 0.1) is 23.3 Å². The zero-order valence-electron chi connectivity index (χ0n) is 14.6. The minimum atomic E-state index is -0.537. The molecule has 28 heavy (non-hydrogen) atoms. The van der Waals surface area contributed by atoms with Gasteiger partial charge in [-0.3, -0.25) is 14.9 Å². The average Bonchev–Trinajstić information content (AvgIpc) is 3.17. The summed E-state index contributed by atoms with van der Waals surface area (Å²) in [7, 11) is 1.54. The smallest absolute Gasteiger partial charge is 0.271 e. The van der Waals surface area contributed by atoms with E-state index in [9.17, 15) is 14.9 Å². The quantitative estimate of drug-likeness (QED) is 0.378. The van der Waals surface area contributed by atoms with Crippen LogP contribution in [-0.4, -0.2) is 24.2 Å². The van der Waals surface area contributed by atoms with Crippen molar-refractivity contribution in [2.75, 3.05) is 7.11 Å². The van der Waals surface area contributed by atoms with Crippen LogP contribution in [0, 0.1) is 10.1 Å². The van der Waals surface area contributed by atoms with Crippen molar-refractivity contribution < 1.29 is 18.9 Å². The zero-order valence-corrected chi connectivity index (χ0v) is 15.3. The minimum absolute atomic E-state index is 0.0956. The van der Waals surface area contributed by atoms with Crippen LogP contribution in [0.5, 0.6) is 5.75 Å². The van der Waals surface area contributed by atoms with E-state index in [0.29, 0.717) is 22.3 Å². The Hall–Kier alpha value is -3.65. The molecule has 0 radical (unpaired) electrons. The average molecular weight is 400 g/mol. The molecule has 3 rings (SSSR count). The molecule has 0 atom stereocenters. The second kappa shape index (κ2) is 8.36. The van der Waals surface area contributed by atoms with Gasteiger partial charge >= 0.3 is 0 Å². The number of hydrogen-bond donors (Lipinski definition) is 1. The number of furan rings is 1. The zero-order chi connectivity index (χ0) is 20.1. The summed E-state index contributed by atoms with van der Waals surface area (Å²) in [4.78, 5) is 22.1. The lowest BCUT2D eigenvalue weighted by Crippen LogP contribution is -2.17. The van der Waals surface area contributed by atoms with E-state index in [4.69, 9.17) is 20.8 Å². The molecule has 0 spiro atoms. The highest BCUT2D eigenvalue weighted by atomic mass is 35.5. The molecule has 1 aromatic heterocycles. The van der Waals surface area contributed by atoms with Gasteiger partial charge in [-0.25, -0.2) is 5.43 Å². The summed E-state index contributed by atoms with van der Waals surface area (Å²) in [6, 6.07) is 13.9. The number of hydrazone groups is 1. The van der Waals surface area contributed by atoms with Crippen LogP contribution in [0.2, 0.25) is 5.02 Å². The summed E-state index contributed by atoms with van der Waals surface area (Å²) in [6.07, 6.45) is 1.35. The molecule has 0 saturated heterocycles. The Labute approximate surface area is 164 Å². The first-order chi connectivity index (χ1) is 13.5. The van der Waals surface area contributed by atoms with Crippen molar-refractivity contribution >= 4 is 29.4 Å². The first kappa shape index (κ1) is 19.1. The van der Waals surface area contributed by atoms with Crippen LogP contribution in [0.15, 0.2) is 64.1 Å². The molecule has 1 N–H and O–H groups in total. The normalized spacial score (nSPS) is 10.8. The second-order valence-electron chi connectivity index (χ2n) is 5.55. The number of nitro benzene ring substituents is 1. The Morgan fingerprint density at radius 3 is 2.61 bits per heavy atom. The largest absolute Gasteiger partial charge is 0.495 e. The van der Waals surface area contributed by atoms with Crippen molar-refractivity contribution in [2.24, 2.45) is 5.10 Å². The third-order valence-electron chi connectivity index (χ3n) is 3.76. The predicted octanol–water partition coefficient (Wildman–Crippen LogP) is 4.28. The molecule has 0 aliphatic heterocycles. The maximum Gasteiger partial charge on any atom is 0.271 e. The number of carbonyl (C=O) groups excluding carboxylic acids is 1. The van der Waals surface area contributed by atoms with Crippen LogP contribution >= 0.6 is 11.6 Å². The lowest BCUT2D eigenvalue weighted by molar-refractivity contribution is -0.384. The van der Waals surface area contributed by atoms with Crippen molar-refractivity contribution in [3.8, 4) is 17.1 Å². The van der Waals surface area contributed by atoms with Gasteiger partial charge in [-0.2, -0.15) is 5.10 Å². The van der Waals surface area contributed by atoms with E-state index in [0.717, 1.165) is 5.56 Å². The Bertz CT molecular complexity index is 1040. The van der Waals surface area contributed by atoms with Crippen LogP contribution < -0.4 is 10.2 Å². The van der Waals surface area contributed by atoms with Crippen molar-refractivity contribution in [2.45, 2.75) is 0 Å². The fourth-order valence-corrected chi connectivity index (χ4v) is 2.61. The molecule has 0 bridgehead atoms. The van der Waals surface area contributed by atoms with Crippen LogP contribution in [0.25, 0.3) is 11.3 Å². The summed E-state index contributed by atoms with van der Waals surface area (Å²) in [5.74, 6) is 1.06. The highest BCUT2D eigenvalue weighted by molar-refractivity contribution is 6.32. The molecule has 0 aliphatic carbocycles. The Morgan fingerprint density at radius 2 is 1.96 bits per heavy atom. The molecule has 142 valence electrons. The second-order valence-corrected chi connectivity index (χ2v) is 5.96. The molecule has 3 aromatic rings. The molecule has 1 amide bonds. The van der Waals surface area contributed by atoms with Gasteiger partial charge in [-0.15, -0.1) is 0 Å². The number of benzene rings is 2. The molecular weight excluding hydrogens is 386 g/mol. The van der Waals surface area contributed by atoms with E-state index in [2.05, 4.69) is 10.5 Å². The number of nitrogens with zero attached hydrogens (tertiary/aromatic N) is 2. The standard InChI is InChI=1S/C19H14ClN3O5/c1-27-18-8-4-13(10-16(18)20)17-9-7-15(28-17)11-21-22-19(24)12-2-5-14(6-3-12)23(25)26/h2-11H,1H3,(H,22,24)/b21-11-. The third-order valence-corrected chi connectivity index (χ3v) is 4.06.